The summed E-state index contributed by atoms with van der Waals surface area (Å²) in [5.41, 5.74) is 2.73. The maximum atomic E-state index is 13.2. The second kappa shape index (κ2) is 7.69. The topological polar surface area (TPSA) is 66.9 Å². The van der Waals surface area contributed by atoms with Crippen LogP contribution in [0.1, 0.15) is 21.5 Å². The molecule has 5 nitrogen and oxygen atoms in total. The predicted molar refractivity (Wildman–Crippen MR) is 94.0 cm³/mol. The summed E-state index contributed by atoms with van der Waals surface area (Å²) >= 11 is 0. The standard InChI is InChI=1S/C19H16F2N4O/c1-12-4-2-3-5-13(12)9-22-18(26)14-10-23-19(24-11-14)25-15-6-7-16(20)17(21)8-15/h2-8,10-11H,9H2,1H3,(H,22,26)(H,23,24,25). The van der Waals surface area contributed by atoms with Crippen LogP contribution < -0.4 is 10.6 Å². The average Bonchev–Trinajstić information content (AvgIpc) is 2.64. The van der Waals surface area contributed by atoms with Gasteiger partial charge in [-0.15, -0.1) is 0 Å². The lowest BCUT2D eigenvalue weighted by atomic mass is 10.1. The van der Waals surface area contributed by atoms with Gasteiger partial charge in [0.1, 0.15) is 0 Å². The van der Waals surface area contributed by atoms with Crippen molar-refractivity contribution in [2.45, 2.75) is 13.5 Å². The van der Waals surface area contributed by atoms with Gasteiger partial charge in [0.15, 0.2) is 11.6 Å². The number of aromatic nitrogens is 2. The molecule has 26 heavy (non-hydrogen) atoms. The third-order valence-electron chi connectivity index (χ3n) is 3.79. The molecule has 0 atom stereocenters. The van der Waals surface area contributed by atoms with Gasteiger partial charge in [0, 0.05) is 30.7 Å². The molecule has 3 aromatic rings. The quantitative estimate of drug-likeness (QED) is 0.733. The van der Waals surface area contributed by atoms with Crippen LogP contribution in [0.15, 0.2) is 54.9 Å². The first kappa shape index (κ1) is 17.5. The molecular weight excluding hydrogens is 338 g/mol. The van der Waals surface area contributed by atoms with Crippen molar-refractivity contribution in [1.82, 2.24) is 15.3 Å². The van der Waals surface area contributed by atoms with E-state index in [0.29, 0.717) is 17.8 Å². The molecule has 0 saturated heterocycles. The number of nitrogens with one attached hydrogen (secondary N) is 2. The SMILES string of the molecule is Cc1ccccc1CNC(=O)c1cnc(Nc2ccc(F)c(F)c2)nc1. The largest absolute Gasteiger partial charge is 0.348 e. The zero-order valence-corrected chi connectivity index (χ0v) is 14.0. The van der Waals surface area contributed by atoms with E-state index in [0.717, 1.165) is 23.3 Å². The Bertz CT molecular complexity index is 929. The van der Waals surface area contributed by atoms with Crippen LogP contribution in [0.25, 0.3) is 0 Å². The first-order valence-corrected chi connectivity index (χ1v) is 7.90. The molecule has 1 aromatic heterocycles. The number of carbonyl (C=O) groups is 1. The molecule has 0 bridgehead atoms. The summed E-state index contributed by atoms with van der Waals surface area (Å²) in [6.07, 6.45) is 2.73. The highest BCUT2D eigenvalue weighted by atomic mass is 19.2. The minimum absolute atomic E-state index is 0.173. The monoisotopic (exact) mass is 354 g/mol. The molecule has 2 aromatic carbocycles. The van der Waals surface area contributed by atoms with Crippen molar-refractivity contribution in [1.29, 1.82) is 0 Å². The molecule has 0 aliphatic heterocycles. The summed E-state index contributed by atoms with van der Waals surface area (Å²) in [4.78, 5) is 20.2. The number of hydrogen-bond donors (Lipinski definition) is 2. The Hall–Kier alpha value is -3.35. The fraction of sp³-hybridized carbons (Fsp3) is 0.105. The zero-order valence-electron chi connectivity index (χ0n) is 14.0. The summed E-state index contributed by atoms with van der Waals surface area (Å²) < 4.78 is 26.1. The van der Waals surface area contributed by atoms with Gasteiger partial charge < -0.3 is 10.6 Å². The summed E-state index contributed by atoms with van der Waals surface area (Å²) in [5, 5.41) is 5.55. The lowest BCUT2D eigenvalue weighted by Crippen LogP contribution is -2.23. The van der Waals surface area contributed by atoms with Gasteiger partial charge in [-0.2, -0.15) is 0 Å². The second-order valence-electron chi connectivity index (χ2n) is 5.66. The van der Waals surface area contributed by atoms with Crippen molar-refractivity contribution in [3.05, 3.63) is 83.2 Å². The highest BCUT2D eigenvalue weighted by Crippen LogP contribution is 2.16. The fourth-order valence-electron chi connectivity index (χ4n) is 2.30. The number of rotatable bonds is 5. The molecule has 0 unspecified atom stereocenters. The minimum atomic E-state index is -0.970. The van der Waals surface area contributed by atoms with Gasteiger partial charge in [-0.1, -0.05) is 24.3 Å². The lowest BCUT2D eigenvalue weighted by molar-refractivity contribution is 0.0950. The number of halogens is 2. The van der Waals surface area contributed by atoms with Crippen molar-refractivity contribution in [2.75, 3.05) is 5.32 Å². The molecule has 132 valence electrons. The number of anilines is 2. The van der Waals surface area contributed by atoms with Crippen molar-refractivity contribution in [3.63, 3.8) is 0 Å². The Morgan fingerprint density at radius 2 is 1.77 bits per heavy atom. The van der Waals surface area contributed by atoms with E-state index in [-0.39, 0.29) is 11.9 Å². The number of hydrogen-bond acceptors (Lipinski definition) is 4. The molecule has 0 aliphatic carbocycles. The zero-order chi connectivity index (χ0) is 18.5. The number of benzene rings is 2. The lowest BCUT2D eigenvalue weighted by Gasteiger charge is -2.08. The van der Waals surface area contributed by atoms with E-state index >= 15 is 0 Å². The van der Waals surface area contributed by atoms with Crippen LogP contribution in [0.5, 0.6) is 0 Å². The first-order chi connectivity index (χ1) is 12.5. The Labute approximate surface area is 149 Å². The smallest absolute Gasteiger partial charge is 0.254 e. The van der Waals surface area contributed by atoms with Gasteiger partial charge in [-0.25, -0.2) is 18.7 Å². The molecule has 0 radical (unpaired) electrons. The van der Waals surface area contributed by atoms with Crippen LogP contribution in [-0.2, 0) is 6.54 Å². The van der Waals surface area contributed by atoms with Gasteiger partial charge in [0.05, 0.1) is 5.56 Å². The molecule has 0 spiro atoms. The van der Waals surface area contributed by atoms with Crippen LogP contribution in [-0.4, -0.2) is 15.9 Å². The van der Waals surface area contributed by atoms with E-state index in [1.807, 2.05) is 31.2 Å². The summed E-state index contributed by atoms with van der Waals surface area (Å²) in [5.74, 6) is -2.03. The maximum Gasteiger partial charge on any atom is 0.254 e. The Kier molecular flexibility index (Phi) is 5.17. The van der Waals surface area contributed by atoms with Crippen LogP contribution >= 0.6 is 0 Å². The molecule has 7 heteroatoms. The van der Waals surface area contributed by atoms with E-state index in [4.69, 9.17) is 0 Å². The Morgan fingerprint density at radius 3 is 2.46 bits per heavy atom. The van der Waals surface area contributed by atoms with Gasteiger partial charge in [-0.05, 0) is 30.2 Å². The van der Waals surface area contributed by atoms with Crippen molar-refractivity contribution < 1.29 is 13.6 Å². The van der Waals surface area contributed by atoms with Crippen LogP contribution in [0.2, 0.25) is 0 Å². The molecule has 1 heterocycles. The van der Waals surface area contributed by atoms with E-state index < -0.39 is 11.6 Å². The Balaban J connectivity index is 1.62. The first-order valence-electron chi connectivity index (χ1n) is 7.90. The highest BCUT2D eigenvalue weighted by Gasteiger charge is 2.09. The van der Waals surface area contributed by atoms with Gasteiger partial charge in [0.25, 0.3) is 5.91 Å². The summed E-state index contributed by atoms with van der Waals surface area (Å²) in [7, 11) is 0. The van der Waals surface area contributed by atoms with Crippen LogP contribution in [0, 0.1) is 18.6 Å². The average molecular weight is 354 g/mol. The normalized spacial score (nSPS) is 10.4. The van der Waals surface area contributed by atoms with E-state index in [9.17, 15) is 13.6 Å². The van der Waals surface area contributed by atoms with Gasteiger partial charge in [-0.3, -0.25) is 4.79 Å². The predicted octanol–water partition coefficient (Wildman–Crippen LogP) is 3.74. The number of nitrogens with zero attached hydrogens (tertiary/aromatic N) is 2. The molecule has 2 N–H and O–H groups in total. The molecule has 0 fully saturated rings. The summed E-state index contributed by atoms with van der Waals surface area (Å²) in [6, 6.07) is 11.1. The molecular formula is C19H16F2N4O. The van der Waals surface area contributed by atoms with Crippen LogP contribution in [0.3, 0.4) is 0 Å². The minimum Gasteiger partial charge on any atom is -0.348 e. The van der Waals surface area contributed by atoms with Crippen LogP contribution in [0.4, 0.5) is 20.4 Å². The highest BCUT2D eigenvalue weighted by molar-refractivity contribution is 5.93. The van der Waals surface area contributed by atoms with Crippen molar-refractivity contribution in [2.24, 2.45) is 0 Å². The van der Waals surface area contributed by atoms with E-state index in [2.05, 4.69) is 20.6 Å². The Morgan fingerprint density at radius 1 is 1.04 bits per heavy atom. The number of aryl methyl sites for hydroxylation is 1. The molecule has 0 aliphatic rings. The molecule has 1 amide bonds. The van der Waals surface area contributed by atoms with Gasteiger partial charge in [0.2, 0.25) is 5.95 Å². The third-order valence-corrected chi connectivity index (χ3v) is 3.79. The van der Waals surface area contributed by atoms with Gasteiger partial charge >= 0.3 is 0 Å². The second-order valence-corrected chi connectivity index (χ2v) is 5.66. The number of carbonyl (C=O) groups excluding carboxylic acids is 1. The van der Waals surface area contributed by atoms with Crippen molar-refractivity contribution in [3.8, 4) is 0 Å². The van der Waals surface area contributed by atoms with E-state index in [1.54, 1.807) is 0 Å². The molecule has 3 rings (SSSR count). The maximum absolute atomic E-state index is 13.2. The third kappa shape index (κ3) is 4.18. The fourth-order valence-corrected chi connectivity index (χ4v) is 2.30. The summed E-state index contributed by atoms with van der Waals surface area (Å²) in [6.45, 7) is 2.38. The van der Waals surface area contributed by atoms with Crippen molar-refractivity contribution >= 4 is 17.5 Å². The molecule has 0 saturated carbocycles. The van der Waals surface area contributed by atoms with E-state index in [1.165, 1.54) is 18.5 Å². The number of amides is 1.